The SMILES string of the molecule is CC1NCCCN1I. The Morgan fingerprint density at radius 2 is 2.50 bits per heavy atom. The Hall–Kier alpha value is 0.650. The molecule has 0 aliphatic carbocycles. The van der Waals surface area contributed by atoms with Gasteiger partial charge in [0.15, 0.2) is 0 Å². The molecule has 1 aliphatic rings. The minimum absolute atomic E-state index is 0.573. The van der Waals surface area contributed by atoms with Gasteiger partial charge in [0.2, 0.25) is 0 Å². The summed E-state index contributed by atoms with van der Waals surface area (Å²) in [6.45, 7) is 4.60. The standard InChI is InChI=1S/C5H11IN2/c1-5-7-3-2-4-8(5)6/h5,7H,2-4H2,1H3. The normalized spacial score (nSPS) is 33.0. The lowest BCUT2D eigenvalue weighted by Crippen LogP contribution is -2.44. The topological polar surface area (TPSA) is 15.3 Å². The van der Waals surface area contributed by atoms with Crippen LogP contribution in [0.15, 0.2) is 0 Å². The van der Waals surface area contributed by atoms with Gasteiger partial charge in [-0.15, -0.1) is 0 Å². The van der Waals surface area contributed by atoms with Gasteiger partial charge < -0.3 is 5.32 Å². The second kappa shape index (κ2) is 2.98. The molecule has 1 aliphatic heterocycles. The van der Waals surface area contributed by atoms with Gasteiger partial charge in [0.25, 0.3) is 0 Å². The molecule has 0 aromatic heterocycles. The molecule has 0 spiro atoms. The Balaban J connectivity index is 2.28. The molecule has 0 aromatic rings. The van der Waals surface area contributed by atoms with Crippen LogP contribution in [0.5, 0.6) is 0 Å². The highest BCUT2D eigenvalue weighted by molar-refractivity contribution is 14.1. The molecular formula is C5H11IN2. The van der Waals surface area contributed by atoms with E-state index in [0.717, 1.165) is 0 Å². The minimum atomic E-state index is 0.573. The number of nitrogens with one attached hydrogen (secondary N) is 1. The van der Waals surface area contributed by atoms with E-state index in [9.17, 15) is 0 Å². The molecule has 1 N–H and O–H groups in total. The summed E-state index contributed by atoms with van der Waals surface area (Å²) in [5.41, 5.74) is 0. The van der Waals surface area contributed by atoms with E-state index < -0.39 is 0 Å². The first kappa shape index (κ1) is 6.77. The van der Waals surface area contributed by atoms with Crippen molar-refractivity contribution in [3.8, 4) is 0 Å². The van der Waals surface area contributed by atoms with Gasteiger partial charge >= 0.3 is 0 Å². The van der Waals surface area contributed by atoms with Crippen molar-refractivity contribution in [3.05, 3.63) is 0 Å². The zero-order chi connectivity index (χ0) is 5.98. The van der Waals surface area contributed by atoms with Gasteiger partial charge in [-0.3, -0.25) is 0 Å². The van der Waals surface area contributed by atoms with Crippen LogP contribution in [0, 0.1) is 0 Å². The van der Waals surface area contributed by atoms with Crippen LogP contribution in [0.2, 0.25) is 0 Å². The van der Waals surface area contributed by atoms with Gasteiger partial charge in [-0.25, -0.2) is 3.11 Å². The van der Waals surface area contributed by atoms with Crippen molar-refractivity contribution < 1.29 is 0 Å². The van der Waals surface area contributed by atoms with Crippen molar-refractivity contribution in [3.63, 3.8) is 0 Å². The van der Waals surface area contributed by atoms with E-state index in [2.05, 4.69) is 38.2 Å². The van der Waals surface area contributed by atoms with Crippen LogP contribution in [0.25, 0.3) is 0 Å². The van der Waals surface area contributed by atoms with Crippen LogP contribution in [-0.4, -0.2) is 22.4 Å². The lowest BCUT2D eigenvalue weighted by Gasteiger charge is -2.28. The molecule has 48 valence electrons. The van der Waals surface area contributed by atoms with Crippen LogP contribution in [0.4, 0.5) is 0 Å². The Kier molecular flexibility index (Phi) is 2.52. The number of rotatable bonds is 0. The van der Waals surface area contributed by atoms with Crippen LogP contribution < -0.4 is 5.32 Å². The summed E-state index contributed by atoms with van der Waals surface area (Å²) in [4.78, 5) is 0. The summed E-state index contributed by atoms with van der Waals surface area (Å²) in [6, 6.07) is 0. The molecule has 1 atom stereocenters. The van der Waals surface area contributed by atoms with E-state index in [1.807, 2.05) is 0 Å². The highest BCUT2D eigenvalue weighted by Gasteiger charge is 2.12. The Labute approximate surface area is 64.1 Å². The zero-order valence-electron chi connectivity index (χ0n) is 5.02. The molecule has 8 heavy (non-hydrogen) atoms. The van der Waals surface area contributed by atoms with Crippen LogP contribution in [-0.2, 0) is 0 Å². The molecule has 1 heterocycles. The quantitative estimate of drug-likeness (QED) is 0.489. The van der Waals surface area contributed by atoms with Gasteiger partial charge in [0.1, 0.15) is 0 Å². The molecule has 1 saturated heterocycles. The first-order valence-electron chi connectivity index (χ1n) is 2.96. The van der Waals surface area contributed by atoms with Gasteiger partial charge in [0.05, 0.1) is 6.17 Å². The molecule has 0 saturated carbocycles. The Bertz CT molecular complexity index is 66.8. The molecule has 1 fully saturated rings. The lowest BCUT2D eigenvalue weighted by atomic mass is 10.3. The summed E-state index contributed by atoms with van der Waals surface area (Å²) >= 11 is 2.35. The number of hydrogen-bond acceptors (Lipinski definition) is 2. The van der Waals surface area contributed by atoms with Gasteiger partial charge in [-0.2, -0.15) is 0 Å². The summed E-state index contributed by atoms with van der Waals surface area (Å²) in [5, 5.41) is 3.35. The lowest BCUT2D eigenvalue weighted by molar-refractivity contribution is 0.291. The van der Waals surface area contributed by atoms with Crippen molar-refractivity contribution in [1.29, 1.82) is 0 Å². The smallest absolute Gasteiger partial charge is 0.0660 e. The first-order valence-corrected chi connectivity index (χ1v) is 3.93. The molecular weight excluding hydrogens is 215 g/mol. The highest BCUT2D eigenvalue weighted by atomic mass is 127. The maximum Gasteiger partial charge on any atom is 0.0660 e. The zero-order valence-corrected chi connectivity index (χ0v) is 7.18. The maximum atomic E-state index is 3.35. The highest BCUT2D eigenvalue weighted by Crippen LogP contribution is 2.08. The van der Waals surface area contributed by atoms with E-state index in [1.165, 1.54) is 19.5 Å². The monoisotopic (exact) mass is 226 g/mol. The Morgan fingerprint density at radius 3 is 2.88 bits per heavy atom. The third-order valence-corrected chi connectivity index (χ3v) is 2.73. The molecule has 0 radical (unpaired) electrons. The molecule has 0 aromatic carbocycles. The van der Waals surface area contributed by atoms with E-state index >= 15 is 0 Å². The van der Waals surface area contributed by atoms with Crippen LogP contribution >= 0.6 is 22.9 Å². The fourth-order valence-corrected chi connectivity index (χ4v) is 1.37. The second-order valence-corrected chi connectivity index (χ2v) is 3.35. The first-order chi connectivity index (χ1) is 3.80. The van der Waals surface area contributed by atoms with E-state index in [1.54, 1.807) is 0 Å². The third kappa shape index (κ3) is 1.56. The predicted octanol–water partition coefficient (Wildman–Crippen LogP) is 0.978. The molecule has 2 nitrogen and oxygen atoms in total. The largest absolute Gasteiger partial charge is 0.301 e. The predicted molar refractivity (Wildman–Crippen MR) is 42.8 cm³/mol. The summed E-state index contributed by atoms with van der Waals surface area (Å²) < 4.78 is 2.29. The van der Waals surface area contributed by atoms with Crippen molar-refractivity contribution in [2.75, 3.05) is 13.1 Å². The van der Waals surface area contributed by atoms with Crippen LogP contribution in [0.1, 0.15) is 13.3 Å². The minimum Gasteiger partial charge on any atom is -0.301 e. The molecule has 1 rings (SSSR count). The second-order valence-electron chi connectivity index (χ2n) is 2.11. The van der Waals surface area contributed by atoms with Crippen molar-refractivity contribution in [2.24, 2.45) is 0 Å². The van der Waals surface area contributed by atoms with Crippen molar-refractivity contribution >= 4 is 22.9 Å². The number of halogens is 1. The van der Waals surface area contributed by atoms with Gasteiger partial charge in [-0.05, 0) is 19.9 Å². The average molecular weight is 226 g/mol. The molecule has 0 amide bonds. The summed E-state index contributed by atoms with van der Waals surface area (Å²) in [6.07, 6.45) is 1.86. The summed E-state index contributed by atoms with van der Waals surface area (Å²) in [5.74, 6) is 0. The fourth-order valence-electron chi connectivity index (χ4n) is 0.834. The third-order valence-electron chi connectivity index (χ3n) is 1.41. The van der Waals surface area contributed by atoms with Crippen molar-refractivity contribution in [2.45, 2.75) is 19.5 Å². The molecule has 1 unspecified atom stereocenters. The van der Waals surface area contributed by atoms with E-state index in [0.29, 0.717) is 6.17 Å². The molecule has 3 heteroatoms. The maximum absolute atomic E-state index is 3.35. The van der Waals surface area contributed by atoms with Crippen LogP contribution in [0.3, 0.4) is 0 Å². The fraction of sp³-hybridized carbons (Fsp3) is 1.00. The molecule has 0 bridgehead atoms. The number of nitrogens with zero attached hydrogens (tertiary/aromatic N) is 1. The van der Waals surface area contributed by atoms with Gasteiger partial charge in [-0.1, -0.05) is 0 Å². The Morgan fingerprint density at radius 1 is 1.75 bits per heavy atom. The van der Waals surface area contributed by atoms with E-state index in [-0.39, 0.29) is 0 Å². The van der Waals surface area contributed by atoms with Gasteiger partial charge in [0, 0.05) is 29.4 Å². The summed E-state index contributed by atoms with van der Waals surface area (Å²) in [7, 11) is 0. The van der Waals surface area contributed by atoms with E-state index in [4.69, 9.17) is 0 Å². The number of hydrogen-bond donors (Lipinski definition) is 1. The van der Waals surface area contributed by atoms with Crippen molar-refractivity contribution in [1.82, 2.24) is 8.43 Å². The average Bonchev–Trinajstić information content (AvgIpc) is 1.77.